The lowest BCUT2D eigenvalue weighted by atomic mass is 10.3. The molecule has 4 heteroatoms. The summed E-state index contributed by atoms with van der Waals surface area (Å²) in [6.07, 6.45) is 0.951. The monoisotopic (exact) mass is 196 g/mol. The van der Waals surface area contributed by atoms with Crippen LogP contribution in [0, 0.1) is 6.92 Å². The van der Waals surface area contributed by atoms with Gasteiger partial charge < -0.3 is 9.88 Å². The van der Waals surface area contributed by atoms with Crippen molar-refractivity contribution >= 4 is 0 Å². The van der Waals surface area contributed by atoms with E-state index in [0.717, 1.165) is 31.2 Å². The Morgan fingerprint density at radius 3 is 2.64 bits per heavy atom. The zero-order valence-corrected chi connectivity index (χ0v) is 9.54. The van der Waals surface area contributed by atoms with Gasteiger partial charge in [0.2, 0.25) is 0 Å². The first-order valence-electron chi connectivity index (χ1n) is 5.27. The molecule has 0 atom stereocenters. The minimum atomic E-state index is 0.536. The van der Waals surface area contributed by atoms with Crippen LogP contribution >= 0.6 is 0 Å². The first-order valence-corrected chi connectivity index (χ1v) is 5.27. The van der Waals surface area contributed by atoms with E-state index >= 15 is 0 Å². The zero-order chi connectivity index (χ0) is 10.6. The van der Waals surface area contributed by atoms with E-state index in [9.17, 15) is 0 Å². The van der Waals surface area contributed by atoms with Gasteiger partial charge in [-0.2, -0.15) is 0 Å². The highest BCUT2D eigenvalue weighted by molar-refractivity contribution is 4.94. The summed E-state index contributed by atoms with van der Waals surface area (Å²) in [6, 6.07) is 0.536. The second-order valence-electron chi connectivity index (χ2n) is 3.77. The number of rotatable bonds is 5. The average Bonchev–Trinajstić information content (AvgIpc) is 2.46. The molecule has 0 aromatic carbocycles. The summed E-state index contributed by atoms with van der Waals surface area (Å²) in [5.41, 5.74) is 0. The number of nitrogens with zero attached hydrogens (tertiary/aromatic N) is 3. The molecular formula is C10H20N4. The SMILES string of the molecule is CCn1c(C)nnc1CCNC(C)C. The van der Waals surface area contributed by atoms with E-state index in [1.165, 1.54) is 0 Å². The second-order valence-corrected chi connectivity index (χ2v) is 3.77. The molecule has 0 aliphatic heterocycles. The van der Waals surface area contributed by atoms with Crippen LogP contribution in [0.15, 0.2) is 0 Å². The minimum Gasteiger partial charge on any atom is -0.315 e. The third kappa shape index (κ3) is 2.80. The highest BCUT2D eigenvalue weighted by Gasteiger charge is 2.06. The summed E-state index contributed by atoms with van der Waals surface area (Å²) < 4.78 is 2.15. The van der Waals surface area contributed by atoms with Crippen LogP contribution in [0.4, 0.5) is 0 Å². The highest BCUT2D eigenvalue weighted by atomic mass is 15.3. The van der Waals surface area contributed by atoms with Crippen molar-refractivity contribution in [2.45, 2.75) is 46.7 Å². The third-order valence-corrected chi connectivity index (χ3v) is 2.23. The lowest BCUT2D eigenvalue weighted by Crippen LogP contribution is -2.25. The molecule has 1 aromatic rings. The van der Waals surface area contributed by atoms with Crippen LogP contribution in [0.2, 0.25) is 0 Å². The second kappa shape index (κ2) is 5.10. The van der Waals surface area contributed by atoms with Crippen molar-refractivity contribution in [2.24, 2.45) is 0 Å². The number of nitrogens with one attached hydrogen (secondary N) is 1. The molecule has 0 aliphatic carbocycles. The standard InChI is InChI=1S/C10H20N4/c1-5-14-9(4)12-13-10(14)6-7-11-8(2)3/h8,11H,5-7H2,1-4H3. The predicted molar refractivity (Wildman–Crippen MR) is 57.3 cm³/mol. The zero-order valence-electron chi connectivity index (χ0n) is 9.54. The Kier molecular flexibility index (Phi) is 4.07. The maximum atomic E-state index is 4.16. The summed E-state index contributed by atoms with van der Waals surface area (Å²) >= 11 is 0. The van der Waals surface area contributed by atoms with Crippen molar-refractivity contribution in [3.63, 3.8) is 0 Å². The van der Waals surface area contributed by atoms with Gasteiger partial charge in [0.05, 0.1) is 0 Å². The largest absolute Gasteiger partial charge is 0.315 e. The van der Waals surface area contributed by atoms with Crippen molar-refractivity contribution in [1.29, 1.82) is 0 Å². The Morgan fingerprint density at radius 2 is 2.07 bits per heavy atom. The normalized spacial score (nSPS) is 11.2. The smallest absolute Gasteiger partial charge is 0.134 e. The van der Waals surface area contributed by atoms with E-state index in [1.54, 1.807) is 0 Å². The molecule has 1 N–H and O–H groups in total. The van der Waals surface area contributed by atoms with Gasteiger partial charge in [-0.05, 0) is 13.8 Å². The summed E-state index contributed by atoms with van der Waals surface area (Å²) in [5.74, 6) is 2.09. The summed E-state index contributed by atoms with van der Waals surface area (Å²) in [4.78, 5) is 0. The van der Waals surface area contributed by atoms with Crippen molar-refractivity contribution in [2.75, 3.05) is 6.54 Å². The van der Waals surface area contributed by atoms with Crippen LogP contribution in [0.25, 0.3) is 0 Å². The third-order valence-electron chi connectivity index (χ3n) is 2.23. The molecule has 0 saturated heterocycles. The van der Waals surface area contributed by atoms with E-state index in [1.807, 2.05) is 6.92 Å². The molecule has 0 radical (unpaired) electrons. The molecule has 0 saturated carbocycles. The fraction of sp³-hybridized carbons (Fsp3) is 0.800. The molecule has 14 heavy (non-hydrogen) atoms. The van der Waals surface area contributed by atoms with E-state index in [-0.39, 0.29) is 0 Å². The fourth-order valence-corrected chi connectivity index (χ4v) is 1.49. The number of aryl methyl sites for hydroxylation is 1. The van der Waals surface area contributed by atoms with E-state index < -0.39 is 0 Å². The van der Waals surface area contributed by atoms with E-state index in [0.29, 0.717) is 6.04 Å². The van der Waals surface area contributed by atoms with Crippen molar-refractivity contribution in [1.82, 2.24) is 20.1 Å². The molecule has 0 bridgehead atoms. The van der Waals surface area contributed by atoms with Crippen LogP contribution in [-0.2, 0) is 13.0 Å². The summed E-state index contributed by atoms with van der Waals surface area (Å²) in [6.45, 7) is 10.3. The van der Waals surface area contributed by atoms with Crippen LogP contribution in [0.1, 0.15) is 32.4 Å². The molecule has 0 amide bonds. The molecule has 4 nitrogen and oxygen atoms in total. The fourth-order valence-electron chi connectivity index (χ4n) is 1.49. The quantitative estimate of drug-likeness (QED) is 0.768. The molecule has 1 heterocycles. The van der Waals surface area contributed by atoms with Gasteiger partial charge in [-0.1, -0.05) is 13.8 Å². The molecule has 0 unspecified atom stereocenters. The van der Waals surface area contributed by atoms with Gasteiger partial charge >= 0.3 is 0 Å². The molecule has 1 rings (SSSR count). The van der Waals surface area contributed by atoms with Crippen molar-refractivity contribution in [3.05, 3.63) is 11.6 Å². The number of aromatic nitrogens is 3. The lowest BCUT2D eigenvalue weighted by Gasteiger charge is -2.08. The van der Waals surface area contributed by atoms with Crippen LogP contribution in [-0.4, -0.2) is 27.4 Å². The number of hydrogen-bond acceptors (Lipinski definition) is 3. The predicted octanol–water partition coefficient (Wildman–Crippen LogP) is 1.15. The van der Waals surface area contributed by atoms with Gasteiger partial charge in [0.1, 0.15) is 11.6 Å². The summed E-state index contributed by atoms with van der Waals surface area (Å²) in [5, 5.41) is 11.6. The van der Waals surface area contributed by atoms with Crippen molar-refractivity contribution in [3.8, 4) is 0 Å². The van der Waals surface area contributed by atoms with E-state index in [2.05, 4.69) is 40.9 Å². The van der Waals surface area contributed by atoms with E-state index in [4.69, 9.17) is 0 Å². The van der Waals surface area contributed by atoms with Gasteiger partial charge in [-0.25, -0.2) is 0 Å². The van der Waals surface area contributed by atoms with Crippen LogP contribution < -0.4 is 5.32 Å². The van der Waals surface area contributed by atoms with Crippen LogP contribution in [0.5, 0.6) is 0 Å². The Morgan fingerprint density at radius 1 is 1.36 bits per heavy atom. The Balaban J connectivity index is 2.50. The Hall–Kier alpha value is -0.900. The first-order chi connectivity index (χ1) is 6.65. The molecule has 0 spiro atoms. The molecule has 1 aromatic heterocycles. The number of hydrogen-bond donors (Lipinski definition) is 1. The van der Waals surface area contributed by atoms with Gasteiger partial charge in [-0.15, -0.1) is 10.2 Å². The van der Waals surface area contributed by atoms with Crippen molar-refractivity contribution < 1.29 is 0 Å². The van der Waals surface area contributed by atoms with Gasteiger partial charge in [0, 0.05) is 25.6 Å². The topological polar surface area (TPSA) is 42.7 Å². The summed E-state index contributed by atoms with van der Waals surface area (Å²) in [7, 11) is 0. The van der Waals surface area contributed by atoms with Gasteiger partial charge in [0.15, 0.2) is 0 Å². The molecule has 80 valence electrons. The first kappa shape index (κ1) is 11.2. The van der Waals surface area contributed by atoms with Crippen LogP contribution in [0.3, 0.4) is 0 Å². The Bertz CT molecular complexity index is 278. The highest BCUT2D eigenvalue weighted by Crippen LogP contribution is 2.00. The molecule has 0 fully saturated rings. The lowest BCUT2D eigenvalue weighted by molar-refractivity contribution is 0.569. The van der Waals surface area contributed by atoms with Gasteiger partial charge in [0.25, 0.3) is 0 Å². The Labute approximate surface area is 85.7 Å². The van der Waals surface area contributed by atoms with Gasteiger partial charge in [-0.3, -0.25) is 0 Å². The average molecular weight is 196 g/mol. The maximum absolute atomic E-state index is 4.16. The molecular weight excluding hydrogens is 176 g/mol. The minimum absolute atomic E-state index is 0.536. The molecule has 0 aliphatic rings. The maximum Gasteiger partial charge on any atom is 0.134 e.